The van der Waals surface area contributed by atoms with Gasteiger partial charge in [0.25, 0.3) is 0 Å². The summed E-state index contributed by atoms with van der Waals surface area (Å²) < 4.78 is 5.79. The predicted octanol–water partition coefficient (Wildman–Crippen LogP) is 2.56. The van der Waals surface area contributed by atoms with Crippen molar-refractivity contribution in [3.05, 3.63) is 35.4 Å². The first-order valence-corrected chi connectivity index (χ1v) is 5.57. The number of carbonyl (C=O) groups excluding carboxylic acids is 1. The smallest absolute Gasteiger partial charge is 0.127 e. The maximum Gasteiger partial charge on any atom is 0.127 e. The van der Waals surface area contributed by atoms with E-state index in [2.05, 4.69) is 6.07 Å². The molecule has 1 aromatic carbocycles. The van der Waals surface area contributed by atoms with Crippen molar-refractivity contribution in [2.24, 2.45) is 5.92 Å². The second kappa shape index (κ2) is 4.84. The highest BCUT2D eigenvalue weighted by molar-refractivity contribution is 5.62. The number of rotatable bonds is 3. The lowest BCUT2D eigenvalue weighted by molar-refractivity contribution is -0.109. The van der Waals surface area contributed by atoms with Crippen molar-refractivity contribution in [1.82, 2.24) is 0 Å². The zero-order chi connectivity index (χ0) is 12.3. The van der Waals surface area contributed by atoms with Crippen LogP contribution in [0, 0.1) is 17.2 Å². The van der Waals surface area contributed by atoms with Crippen LogP contribution in [-0.2, 0) is 4.79 Å². The highest BCUT2D eigenvalue weighted by Crippen LogP contribution is 2.29. The molecule has 0 aromatic heterocycles. The van der Waals surface area contributed by atoms with E-state index in [4.69, 9.17) is 10.00 Å². The Balaban J connectivity index is 2.21. The first-order chi connectivity index (χ1) is 8.24. The van der Waals surface area contributed by atoms with Gasteiger partial charge in [-0.25, -0.2) is 0 Å². The lowest BCUT2D eigenvalue weighted by Gasteiger charge is -2.25. The molecule has 0 N–H and O–H groups in total. The molecule has 0 radical (unpaired) electrons. The highest BCUT2D eigenvalue weighted by atomic mass is 16.5. The Morgan fingerprint density at radius 1 is 1.59 bits per heavy atom. The highest BCUT2D eigenvalue weighted by Gasteiger charge is 2.20. The average Bonchev–Trinajstić information content (AvgIpc) is 2.37. The van der Waals surface area contributed by atoms with Gasteiger partial charge >= 0.3 is 0 Å². The lowest BCUT2D eigenvalue weighted by atomic mass is 9.97. The van der Waals surface area contributed by atoms with Crippen molar-refractivity contribution in [1.29, 1.82) is 5.26 Å². The van der Waals surface area contributed by atoms with Crippen molar-refractivity contribution in [3.63, 3.8) is 0 Å². The second-order valence-corrected chi connectivity index (χ2v) is 4.19. The van der Waals surface area contributed by atoms with Crippen molar-refractivity contribution in [2.45, 2.75) is 19.4 Å². The Hall–Kier alpha value is -2.08. The number of nitriles is 1. The third kappa shape index (κ3) is 2.36. The number of fused-ring (bicyclic) bond motifs is 1. The van der Waals surface area contributed by atoms with Gasteiger partial charge in [0.15, 0.2) is 0 Å². The molecule has 17 heavy (non-hydrogen) atoms. The minimum absolute atomic E-state index is 0.0689. The fourth-order valence-electron chi connectivity index (χ4n) is 1.83. The molecule has 2 rings (SSSR count). The molecule has 86 valence electrons. The van der Waals surface area contributed by atoms with Gasteiger partial charge in [0.2, 0.25) is 0 Å². The van der Waals surface area contributed by atoms with Gasteiger partial charge in [-0.05, 0) is 24.3 Å². The fourth-order valence-corrected chi connectivity index (χ4v) is 1.83. The van der Waals surface area contributed by atoms with E-state index in [0.717, 1.165) is 17.6 Å². The van der Waals surface area contributed by atoms with Crippen LogP contribution in [0.1, 0.15) is 24.5 Å². The Kier molecular flexibility index (Phi) is 3.24. The summed E-state index contributed by atoms with van der Waals surface area (Å²) in [5.41, 5.74) is 1.54. The molecule has 1 aliphatic rings. The van der Waals surface area contributed by atoms with Gasteiger partial charge in [0, 0.05) is 17.9 Å². The van der Waals surface area contributed by atoms with Crippen LogP contribution in [0.4, 0.5) is 0 Å². The first kappa shape index (κ1) is 11.4. The van der Waals surface area contributed by atoms with Gasteiger partial charge in [0.05, 0.1) is 11.6 Å². The molecule has 1 aliphatic heterocycles. The van der Waals surface area contributed by atoms with Crippen LogP contribution >= 0.6 is 0 Å². The fraction of sp³-hybridized carbons (Fsp3) is 0.286. The molecular formula is C14H13NO2. The van der Waals surface area contributed by atoms with E-state index in [-0.39, 0.29) is 12.0 Å². The van der Waals surface area contributed by atoms with Crippen molar-refractivity contribution in [2.75, 3.05) is 0 Å². The van der Waals surface area contributed by atoms with E-state index < -0.39 is 0 Å². The summed E-state index contributed by atoms with van der Waals surface area (Å²) >= 11 is 0. The van der Waals surface area contributed by atoms with Crippen LogP contribution in [0.2, 0.25) is 0 Å². The quantitative estimate of drug-likeness (QED) is 0.745. The van der Waals surface area contributed by atoms with Crippen LogP contribution in [0.3, 0.4) is 0 Å². The van der Waals surface area contributed by atoms with Crippen LogP contribution in [-0.4, -0.2) is 12.4 Å². The summed E-state index contributed by atoms with van der Waals surface area (Å²) in [4.78, 5) is 10.5. The van der Waals surface area contributed by atoms with Gasteiger partial charge in [-0.15, -0.1) is 0 Å². The maximum absolute atomic E-state index is 10.5. The number of benzene rings is 1. The van der Waals surface area contributed by atoms with Gasteiger partial charge < -0.3 is 9.53 Å². The van der Waals surface area contributed by atoms with Crippen molar-refractivity contribution in [3.8, 4) is 11.8 Å². The van der Waals surface area contributed by atoms with E-state index in [9.17, 15) is 4.79 Å². The first-order valence-electron chi connectivity index (χ1n) is 5.57. The van der Waals surface area contributed by atoms with E-state index in [0.29, 0.717) is 12.0 Å². The number of nitrogens with zero attached hydrogens (tertiary/aromatic N) is 1. The van der Waals surface area contributed by atoms with Crippen molar-refractivity contribution < 1.29 is 9.53 Å². The van der Waals surface area contributed by atoms with Crippen LogP contribution < -0.4 is 4.74 Å². The van der Waals surface area contributed by atoms with Crippen molar-refractivity contribution >= 4 is 12.4 Å². The standard InChI is InChI=1S/C14H13NO2/c1-10(6-7-16)13-5-3-12-8-11(9-15)2-4-14(12)17-13/h2-5,7-8,10,13H,6H2,1H3/t10-,13+/m1/s1. The second-order valence-electron chi connectivity index (χ2n) is 4.19. The monoisotopic (exact) mass is 227 g/mol. The molecule has 0 amide bonds. The number of carbonyl (C=O) groups is 1. The average molecular weight is 227 g/mol. The normalized spacial score (nSPS) is 18.7. The largest absolute Gasteiger partial charge is 0.485 e. The number of ether oxygens (including phenoxy) is 1. The van der Waals surface area contributed by atoms with Crippen LogP contribution in [0.15, 0.2) is 24.3 Å². The molecule has 0 fully saturated rings. The molecule has 2 atom stereocenters. The Labute approximate surface area is 100 Å². The molecular weight excluding hydrogens is 214 g/mol. The molecule has 1 heterocycles. The molecule has 0 bridgehead atoms. The third-order valence-electron chi connectivity index (χ3n) is 2.90. The Morgan fingerprint density at radius 3 is 3.12 bits per heavy atom. The molecule has 3 heteroatoms. The van der Waals surface area contributed by atoms with Gasteiger partial charge in [-0.1, -0.05) is 13.0 Å². The van der Waals surface area contributed by atoms with Crippen LogP contribution in [0.5, 0.6) is 5.75 Å². The summed E-state index contributed by atoms with van der Waals surface area (Å²) in [6, 6.07) is 7.43. The summed E-state index contributed by atoms with van der Waals surface area (Å²) in [5.74, 6) is 0.932. The molecule has 3 nitrogen and oxygen atoms in total. The number of hydrogen-bond donors (Lipinski definition) is 0. The summed E-state index contributed by atoms with van der Waals surface area (Å²) in [6.45, 7) is 1.98. The molecule has 0 saturated heterocycles. The minimum atomic E-state index is -0.0689. The molecule has 0 saturated carbocycles. The summed E-state index contributed by atoms with van der Waals surface area (Å²) in [5, 5.41) is 8.80. The predicted molar refractivity (Wildman–Crippen MR) is 64.5 cm³/mol. The van der Waals surface area contributed by atoms with Gasteiger partial charge in [-0.3, -0.25) is 0 Å². The summed E-state index contributed by atoms with van der Waals surface area (Å²) in [7, 11) is 0. The van der Waals surface area contributed by atoms with E-state index >= 15 is 0 Å². The zero-order valence-electron chi connectivity index (χ0n) is 9.59. The molecule has 0 spiro atoms. The Morgan fingerprint density at radius 2 is 2.41 bits per heavy atom. The maximum atomic E-state index is 10.5. The molecule has 0 aliphatic carbocycles. The topological polar surface area (TPSA) is 50.1 Å². The van der Waals surface area contributed by atoms with Crippen LogP contribution in [0.25, 0.3) is 6.08 Å². The minimum Gasteiger partial charge on any atom is -0.485 e. The van der Waals surface area contributed by atoms with E-state index in [1.54, 1.807) is 18.2 Å². The number of aldehydes is 1. The molecule has 0 unspecified atom stereocenters. The third-order valence-corrected chi connectivity index (χ3v) is 2.90. The van der Waals surface area contributed by atoms with E-state index in [1.807, 2.05) is 19.1 Å². The van der Waals surface area contributed by atoms with Gasteiger partial charge in [0.1, 0.15) is 18.1 Å². The zero-order valence-corrected chi connectivity index (χ0v) is 9.59. The number of hydrogen-bond acceptors (Lipinski definition) is 3. The van der Waals surface area contributed by atoms with Gasteiger partial charge in [-0.2, -0.15) is 5.26 Å². The molecule has 1 aromatic rings. The lowest BCUT2D eigenvalue weighted by Crippen LogP contribution is -2.25. The Bertz CT molecular complexity index is 499. The van der Waals surface area contributed by atoms with E-state index in [1.165, 1.54) is 0 Å². The summed E-state index contributed by atoms with van der Waals surface area (Å²) in [6.07, 6.45) is 5.22. The SMILES string of the molecule is C[C@H](CC=O)[C@@H]1C=Cc2cc(C#N)ccc2O1.